The summed E-state index contributed by atoms with van der Waals surface area (Å²) in [6.07, 6.45) is 0.781. The monoisotopic (exact) mass is 246 g/mol. The fourth-order valence-corrected chi connectivity index (χ4v) is 2.15. The lowest BCUT2D eigenvalue weighted by molar-refractivity contribution is 0.250. The van der Waals surface area contributed by atoms with Crippen LogP contribution in [0.1, 0.15) is 19.7 Å². The molecule has 0 saturated carbocycles. The Morgan fingerprint density at radius 1 is 1.53 bits per heavy atom. The minimum absolute atomic E-state index is 0.201. The first kappa shape index (κ1) is 12.7. The Morgan fingerprint density at radius 3 is 2.87 bits per heavy atom. The quantitative estimate of drug-likeness (QED) is 0.640. The summed E-state index contributed by atoms with van der Waals surface area (Å²) in [6.45, 7) is 4.19. The first-order chi connectivity index (χ1) is 7.15. The average molecular weight is 247 g/mol. The number of hydrogen-bond acceptors (Lipinski definition) is 4. The van der Waals surface area contributed by atoms with Crippen LogP contribution in [0, 0.1) is 5.92 Å². The number of rotatable bonds is 5. The van der Waals surface area contributed by atoms with Gasteiger partial charge in [0.15, 0.2) is 0 Å². The second-order valence-electron chi connectivity index (χ2n) is 3.40. The van der Waals surface area contributed by atoms with E-state index >= 15 is 0 Å². The molecule has 0 aromatic carbocycles. The third kappa shape index (κ3) is 4.36. The van der Waals surface area contributed by atoms with Gasteiger partial charge in [0, 0.05) is 24.8 Å². The van der Waals surface area contributed by atoms with Gasteiger partial charge in [-0.1, -0.05) is 25.4 Å². The molecule has 1 N–H and O–H groups in total. The van der Waals surface area contributed by atoms with Crippen molar-refractivity contribution in [3.8, 4) is 0 Å². The predicted octanol–water partition coefficient (Wildman–Crippen LogP) is 2.41. The predicted molar refractivity (Wildman–Crippen MR) is 63.4 cm³/mol. The molecule has 1 atom stereocenters. The van der Waals surface area contributed by atoms with Crippen LogP contribution in [0.3, 0.4) is 0 Å². The lowest BCUT2D eigenvalue weighted by Crippen LogP contribution is -2.04. The number of aromatic nitrogens is 2. The zero-order valence-electron chi connectivity index (χ0n) is 8.90. The second kappa shape index (κ2) is 6.30. The minimum atomic E-state index is 0.201. The van der Waals surface area contributed by atoms with E-state index in [0.717, 1.165) is 23.0 Å². The molecule has 3 nitrogen and oxygen atoms in total. The van der Waals surface area contributed by atoms with Gasteiger partial charge in [-0.05, 0) is 5.92 Å². The molecule has 0 aliphatic rings. The third-order valence-corrected chi connectivity index (χ3v) is 3.30. The van der Waals surface area contributed by atoms with E-state index in [2.05, 4.69) is 9.97 Å². The van der Waals surface area contributed by atoms with E-state index in [4.69, 9.17) is 16.7 Å². The fraction of sp³-hybridized carbons (Fsp3) is 0.600. The van der Waals surface area contributed by atoms with E-state index in [1.54, 1.807) is 17.8 Å². The maximum Gasteiger partial charge on any atom is 0.133 e. The summed E-state index contributed by atoms with van der Waals surface area (Å²) in [5, 5.41) is 10.3. The molecule has 1 unspecified atom stereocenters. The lowest BCUT2D eigenvalue weighted by atomic mass is 10.2. The van der Waals surface area contributed by atoms with Crippen LogP contribution in [0.2, 0.25) is 5.15 Å². The Labute approximate surface area is 99.3 Å². The molecule has 1 aromatic rings. The third-order valence-electron chi connectivity index (χ3n) is 1.86. The summed E-state index contributed by atoms with van der Waals surface area (Å²) < 4.78 is 0. The molecule has 0 bridgehead atoms. The molecule has 5 heteroatoms. The molecule has 0 radical (unpaired) electrons. The SMILES string of the molecule is CCc1nc(Cl)cc(SCC(C)CO)n1. The summed E-state index contributed by atoms with van der Waals surface area (Å²) in [7, 11) is 0. The highest BCUT2D eigenvalue weighted by Crippen LogP contribution is 2.21. The zero-order valence-corrected chi connectivity index (χ0v) is 10.5. The van der Waals surface area contributed by atoms with Gasteiger partial charge in [-0.25, -0.2) is 9.97 Å². The van der Waals surface area contributed by atoms with Crippen molar-refractivity contribution < 1.29 is 5.11 Å². The van der Waals surface area contributed by atoms with Crippen molar-refractivity contribution in [2.45, 2.75) is 25.3 Å². The van der Waals surface area contributed by atoms with Crippen LogP contribution in [0.25, 0.3) is 0 Å². The van der Waals surface area contributed by atoms with Crippen molar-refractivity contribution in [3.05, 3.63) is 17.0 Å². The highest BCUT2D eigenvalue weighted by molar-refractivity contribution is 7.99. The Hall–Kier alpha value is -0.320. The molecule has 84 valence electrons. The van der Waals surface area contributed by atoms with E-state index in [1.807, 2.05) is 13.8 Å². The maximum absolute atomic E-state index is 8.90. The van der Waals surface area contributed by atoms with Crippen molar-refractivity contribution in [1.82, 2.24) is 9.97 Å². The van der Waals surface area contributed by atoms with Crippen LogP contribution in [-0.4, -0.2) is 27.4 Å². The van der Waals surface area contributed by atoms with Crippen molar-refractivity contribution >= 4 is 23.4 Å². The van der Waals surface area contributed by atoms with E-state index in [-0.39, 0.29) is 12.5 Å². The molecule has 0 aliphatic carbocycles. The van der Waals surface area contributed by atoms with E-state index < -0.39 is 0 Å². The van der Waals surface area contributed by atoms with Crippen LogP contribution < -0.4 is 0 Å². The standard InChI is InChI=1S/C10H15ClN2OS/c1-3-9-12-8(11)4-10(13-9)15-6-7(2)5-14/h4,7,14H,3,5-6H2,1-2H3. The van der Waals surface area contributed by atoms with Gasteiger partial charge in [0.05, 0.1) is 0 Å². The summed E-state index contributed by atoms with van der Waals surface area (Å²) in [6, 6.07) is 1.76. The van der Waals surface area contributed by atoms with Crippen molar-refractivity contribution in [3.63, 3.8) is 0 Å². The number of hydrogen-bond donors (Lipinski definition) is 1. The van der Waals surface area contributed by atoms with Crippen molar-refractivity contribution in [1.29, 1.82) is 0 Å². The smallest absolute Gasteiger partial charge is 0.133 e. The van der Waals surface area contributed by atoms with Crippen LogP contribution in [0.15, 0.2) is 11.1 Å². The molecule has 0 saturated heterocycles. The number of thioether (sulfide) groups is 1. The van der Waals surface area contributed by atoms with Gasteiger partial charge in [-0.15, -0.1) is 11.8 Å². The fourth-order valence-electron chi connectivity index (χ4n) is 0.954. The van der Waals surface area contributed by atoms with Crippen molar-refractivity contribution in [2.24, 2.45) is 5.92 Å². The molecule has 15 heavy (non-hydrogen) atoms. The zero-order chi connectivity index (χ0) is 11.3. The van der Waals surface area contributed by atoms with E-state index in [1.165, 1.54) is 0 Å². The van der Waals surface area contributed by atoms with Crippen molar-refractivity contribution in [2.75, 3.05) is 12.4 Å². The number of aryl methyl sites for hydroxylation is 1. The molecule has 1 rings (SSSR count). The van der Waals surface area contributed by atoms with E-state index in [9.17, 15) is 0 Å². The molecule has 0 fully saturated rings. The Morgan fingerprint density at radius 2 is 2.27 bits per heavy atom. The van der Waals surface area contributed by atoms with Gasteiger partial charge < -0.3 is 5.11 Å². The van der Waals surface area contributed by atoms with Gasteiger partial charge in [0.25, 0.3) is 0 Å². The topological polar surface area (TPSA) is 46.0 Å². The molecule has 0 spiro atoms. The number of halogens is 1. The largest absolute Gasteiger partial charge is 0.396 e. The minimum Gasteiger partial charge on any atom is -0.396 e. The normalized spacial score (nSPS) is 12.8. The summed E-state index contributed by atoms with van der Waals surface area (Å²) in [5.41, 5.74) is 0. The Bertz CT molecular complexity index is 322. The first-order valence-electron chi connectivity index (χ1n) is 4.92. The van der Waals surface area contributed by atoms with Crippen LogP contribution >= 0.6 is 23.4 Å². The first-order valence-corrected chi connectivity index (χ1v) is 6.29. The van der Waals surface area contributed by atoms with Gasteiger partial charge in [-0.3, -0.25) is 0 Å². The summed E-state index contributed by atoms with van der Waals surface area (Å²) >= 11 is 7.47. The highest BCUT2D eigenvalue weighted by Gasteiger charge is 2.05. The summed E-state index contributed by atoms with van der Waals surface area (Å²) in [4.78, 5) is 8.44. The van der Waals surface area contributed by atoms with E-state index in [0.29, 0.717) is 5.15 Å². The molecular formula is C10H15ClN2OS. The number of aliphatic hydroxyl groups is 1. The molecule has 0 aliphatic heterocycles. The van der Waals surface area contributed by atoms with Crippen LogP contribution in [0.5, 0.6) is 0 Å². The van der Waals surface area contributed by atoms with Gasteiger partial charge in [-0.2, -0.15) is 0 Å². The number of nitrogens with zero attached hydrogens (tertiary/aromatic N) is 2. The lowest BCUT2D eigenvalue weighted by Gasteiger charge is -2.07. The van der Waals surface area contributed by atoms with Gasteiger partial charge >= 0.3 is 0 Å². The molecule has 0 amide bonds. The van der Waals surface area contributed by atoms with Crippen LogP contribution in [-0.2, 0) is 6.42 Å². The molecule has 1 heterocycles. The molecular weight excluding hydrogens is 232 g/mol. The summed E-state index contributed by atoms with van der Waals surface area (Å²) in [5.74, 6) is 1.88. The Balaban J connectivity index is 2.64. The second-order valence-corrected chi connectivity index (χ2v) is 4.82. The average Bonchev–Trinajstić information content (AvgIpc) is 2.25. The van der Waals surface area contributed by atoms with Gasteiger partial charge in [0.2, 0.25) is 0 Å². The maximum atomic E-state index is 8.90. The molecule has 1 aromatic heterocycles. The Kier molecular flexibility index (Phi) is 5.36. The number of aliphatic hydroxyl groups excluding tert-OH is 1. The highest BCUT2D eigenvalue weighted by atomic mass is 35.5. The van der Waals surface area contributed by atoms with Crippen LogP contribution in [0.4, 0.5) is 0 Å². The van der Waals surface area contributed by atoms with Gasteiger partial charge in [0.1, 0.15) is 16.0 Å².